The predicted molar refractivity (Wildman–Crippen MR) is 404 cm³/mol. The van der Waals surface area contributed by atoms with E-state index in [1.807, 2.05) is 0 Å². The van der Waals surface area contributed by atoms with E-state index in [1.165, 1.54) is 212 Å². The van der Waals surface area contributed by atoms with Gasteiger partial charge in [-0.2, -0.15) is 0 Å². The Morgan fingerprint density at radius 2 is 0.485 bits per heavy atom. The maximum absolute atomic E-state index is 13.1. The lowest BCUT2D eigenvalue weighted by molar-refractivity contribution is -0.161. The molecule has 0 aromatic carbocycles. The van der Waals surface area contributed by atoms with Crippen LogP contribution in [0.15, 0.2) is 0 Å². The fourth-order valence-electron chi connectivity index (χ4n) is 12.2. The Morgan fingerprint density at radius 3 is 0.717 bits per heavy atom. The summed E-state index contributed by atoms with van der Waals surface area (Å²) in [6, 6.07) is 0. The Balaban J connectivity index is 5.21. The molecule has 17 nitrogen and oxygen atoms in total. The molecule has 0 aliphatic heterocycles. The van der Waals surface area contributed by atoms with Crippen LogP contribution in [0.2, 0.25) is 0 Å². The Kier molecular flexibility index (Phi) is 67.8. The third kappa shape index (κ3) is 72.8. The van der Waals surface area contributed by atoms with Gasteiger partial charge in [0, 0.05) is 25.7 Å². The number of ether oxygens (including phenoxy) is 4. The molecule has 6 atom stereocenters. The SMILES string of the molecule is CCC(C)CCCCCCCCCCCCCCCCCCCCC(=O)O[C@H](COC(=O)CCCCCCCCCCCCCC(C)C)COP(=O)(O)OCC(O)COP(=O)(O)OC[C@@H](COC(=O)CCCCCCCCCCC(C)C)OC(=O)CCCCCCCCCCCC(C)C. The first-order valence-electron chi connectivity index (χ1n) is 41.2. The Morgan fingerprint density at radius 1 is 0.283 bits per heavy atom. The maximum Gasteiger partial charge on any atom is 0.472 e. The molecule has 0 saturated carbocycles. The van der Waals surface area contributed by atoms with Crippen LogP contribution in [0, 0.1) is 23.7 Å². The first kappa shape index (κ1) is 97.1. The van der Waals surface area contributed by atoms with Crippen LogP contribution in [0.5, 0.6) is 0 Å². The summed E-state index contributed by atoms with van der Waals surface area (Å²) in [5, 5.41) is 10.6. The number of phosphoric ester groups is 2. The quantitative estimate of drug-likeness (QED) is 0.0222. The van der Waals surface area contributed by atoms with Gasteiger partial charge < -0.3 is 33.8 Å². The summed E-state index contributed by atoms with van der Waals surface area (Å²) in [4.78, 5) is 72.9. The van der Waals surface area contributed by atoms with Gasteiger partial charge in [0.05, 0.1) is 26.4 Å². The summed E-state index contributed by atoms with van der Waals surface area (Å²) < 4.78 is 68.6. The van der Waals surface area contributed by atoms with Crippen molar-refractivity contribution in [3.8, 4) is 0 Å². The number of unbranched alkanes of at least 4 members (excludes halogenated alkanes) is 42. The monoisotopic (exact) mass is 1450 g/mol. The fraction of sp³-hybridized carbons (Fsp3) is 0.950. The number of phosphoric acid groups is 2. The Hall–Kier alpha value is -1.94. The standard InChI is InChI=1S/C80H156O17P2/c1-9-73(8)59-51-43-35-26-20-16-14-12-10-11-13-15-17-21-28-38-46-54-62-79(84)96-75(66-90-77(82)60-52-44-36-27-22-18-19-24-32-40-48-56-70(2)3)68-94-98(86,87)92-64-74(81)65-93-99(88,89)95-69-76(67-91-78(83)61-53-45-37-31-30-34-42-50-58-72(6)7)97-80(85)63-55-47-39-29-23-25-33-41-49-57-71(4)5/h70-76,81H,9-69H2,1-8H3,(H,86,87)(H,88,89)/t73?,74?,75-,76-/m1/s1. The summed E-state index contributed by atoms with van der Waals surface area (Å²) >= 11 is 0. The zero-order chi connectivity index (χ0) is 73.1. The summed E-state index contributed by atoms with van der Waals surface area (Å²) in [5.41, 5.74) is 0. The predicted octanol–water partition coefficient (Wildman–Crippen LogP) is 23.6. The van der Waals surface area contributed by atoms with Crippen molar-refractivity contribution in [1.29, 1.82) is 0 Å². The lowest BCUT2D eigenvalue weighted by atomic mass is 9.99. The smallest absolute Gasteiger partial charge is 0.462 e. The number of hydrogen-bond donors (Lipinski definition) is 3. The molecule has 0 saturated heterocycles. The first-order chi connectivity index (χ1) is 47.6. The molecule has 3 N–H and O–H groups in total. The molecule has 0 bridgehead atoms. The molecule has 19 heteroatoms. The number of aliphatic hydroxyl groups is 1. The van der Waals surface area contributed by atoms with Crippen LogP contribution in [0.25, 0.3) is 0 Å². The Labute approximate surface area is 607 Å². The topological polar surface area (TPSA) is 237 Å². The van der Waals surface area contributed by atoms with Crippen molar-refractivity contribution in [2.75, 3.05) is 39.6 Å². The highest BCUT2D eigenvalue weighted by Gasteiger charge is 2.30. The number of aliphatic hydroxyl groups excluding tert-OH is 1. The van der Waals surface area contributed by atoms with Crippen LogP contribution in [-0.4, -0.2) is 96.7 Å². The minimum absolute atomic E-state index is 0.104. The van der Waals surface area contributed by atoms with Gasteiger partial charge in [-0.15, -0.1) is 0 Å². The minimum atomic E-state index is -4.96. The third-order valence-corrected chi connectivity index (χ3v) is 20.8. The zero-order valence-corrected chi connectivity index (χ0v) is 66.9. The molecule has 0 rings (SSSR count). The molecule has 0 radical (unpaired) electrons. The van der Waals surface area contributed by atoms with Crippen molar-refractivity contribution in [3.05, 3.63) is 0 Å². The lowest BCUT2D eigenvalue weighted by Crippen LogP contribution is -2.30. The van der Waals surface area contributed by atoms with Gasteiger partial charge in [-0.25, -0.2) is 9.13 Å². The molecule has 99 heavy (non-hydrogen) atoms. The number of hydrogen-bond acceptors (Lipinski definition) is 15. The van der Waals surface area contributed by atoms with E-state index in [-0.39, 0.29) is 25.7 Å². The summed E-state index contributed by atoms with van der Waals surface area (Å²) in [6.07, 6.45) is 55.6. The molecular weight excluding hydrogens is 1290 g/mol. The average molecular weight is 1450 g/mol. The highest BCUT2D eigenvalue weighted by atomic mass is 31.2. The van der Waals surface area contributed by atoms with Crippen molar-refractivity contribution >= 4 is 39.5 Å². The molecule has 0 aromatic heterocycles. The molecule has 0 heterocycles. The van der Waals surface area contributed by atoms with Gasteiger partial charge in [-0.05, 0) is 49.4 Å². The average Bonchev–Trinajstić information content (AvgIpc) is 1.13. The Bertz CT molecular complexity index is 1940. The molecule has 0 aromatic rings. The van der Waals surface area contributed by atoms with Gasteiger partial charge in [-0.3, -0.25) is 37.3 Å². The molecule has 0 amide bonds. The number of rotatable bonds is 77. The van der Waals surface area contributed by atoms with E-state index >= 15 is 0 Å². The van der Waals surface area contributed by atoms with Crippen LogP contribution in [0.4, 0.5) is 0 Å². The lowest BCUT2D eigenvalue weighted by Gasteiger charge is -2.21. The second-order valence-corrected chi connectivity index (χ2v) is 33.4. The minimum Gasteiger partial charge on any atom is -0.462 e. The molecular formula is C80H156O17P2. The zero-order valence-electron chi connectivity index (χ0n) is 65.1. The molecule has 0 aliphatic carbocycles. The molecule has 588 valence electrons. The van der Waals surface area contributed by atoms with Gasteiger partial charge in [0.25, 0.3) is 0 Å². The van der Waals surface area contributed by atoms with E-state index in [1.54, 1.807) is 0 Å². The van der Waals surface area contributed by atoms with Crippen molar-refractivity contribution in [2.45, 2.75) is 427 Å². The fourth-order valence-corrected chi connectivity index (χ4v) is 13.8. The van der Waals surface area contributed by atoms with E-state index in [0.717, 1.165) is 114 Å². The van der Waals surface area contributed by atoms with Gasteiger partial charge in [0.2, 0.25) is 0 Å². The van der Waals surface area contributed by atoms with Gasteiger partial charge in [-0.1, -0.05) is 357 Å². The largest absolute Gasteiger partial charge is 0.472 e. The highest BCUT2D eigenvalue weighted by molar-refractivity contribution is 7.47. The van der Waals surface area contributed by atoms with Gasteiger partial charge in [0.15, 0.2) is 12.2 Å². The van der Waals surface area contributed by atoms with Crippen LogP contribution in [-0.2, 0) is 65.4 Å². The summed E-state index contributed by atoms with van der Waals surface area (Å²) in [5.74, 6) is 0.988. The van der Waals surface area contributed by atoms with Crippen molar-refractivity contribution in [1.82, 2.24) is 0 Å². The number of carbonyl (C=O) groups is 4. The number of esters is 4. The molecule has 0 aliphatic rings. The van der Waals surface area contributed by atoms with Crippen LogP contribution >= 0.6 is 15.6 Å². The van der Waals surface area contributed by atoms with E-state index in [4.69, 9.17) is 37.0 Å². The van der Waals surface area contributed by atoms with Crippen molar-refractivity contribution < 1.29 is 80.2 Å². The van der Waals surface area contributed by atoms with E-state index in [0.29, 0.717) is 25.7 Å². The van der Waals surface area contributed by atoms with Gasteiger partial charge in [0.1, 0.15) is 19.3 Å². The van der Waals surface area contributed by atoms with Crippen molar-refractivity contribution in [3.63, 3.8) is 0 Å². The summed E-state index contributed by atoms with van der Waals surface area (Å²) in [6.45, 7) is 14.2. The second kappa shape index (κ2) is 69.1. The van der Waals surface area contributed by atoms with E-state index < -0.39 is 97.5 Å². The van der Waals surface area contributed by atoms with Crippen LogP contribution < -0.4 is 0 Å². The van der Waals surface area contributed by atoms with E-state index in [2.05, 4.69) is 55.4 Å². The highest BCUT2D eigenvalue weighted by Crippen LogP contribution is 2.45. The van der Waals surface area contributed by atoms with Crippen LogP contribution in [0.3, 0.4) is 0 Å². The molecule has 4 unspecified atom stereocenters. The molecule has 0 fully saturated rings. The van der Waals surface area contributed by atoms with Crippen LogP contribution in [0.1, 0.15) is 409 Å². The van der Waals surface area contributed by atoms with E-state index in [9.17, 15) is 43.2 Å². The first-order valence-corrected chi connectivity index (χ1v) is 44.2. The molecule has 0 spiro atoms. The van der Waals surface area contributed by atoms with Gasteiger partial charge >= 0.3 is 39.5 Å². The summed E-state index contributed by atoms with van der Waals surface area (Å²) in [7, 11) is -9.92. The normalized spacial score (nSPS) is 14.3. The number of carbonyl (C=O) groups excluding carboxylic acids is 4. The van der Waals surface area contributed by atoms with Crippen molar-refractivity contribution in [2.24, 2.45) is 23.7 Å². The third-order valence-electron chi connectivity index (χ3n) is 18.9. The second-order valence-electron chi connectivity index (χ2n) is 30.5. The maximum atomic E-state index is 13.1.